The summed E-state index contributed by atoms with van der Waals surface area (Å²) in [5.41, 5.74) is 1.82. The lowest BCUT2D eigenvalue weighted by atomic mass is 10.2. The maximum absolute atomic E-state index is 12.4. The van der Waals surface area contributed by atoms with E-state index in [1.54, 1.807) is 24.3 Å². The lowest BCUT2D eigenvalue weighted by molar-refractivity contribution is -0.0695. The topological polar surface area (TPSA) is 105 Å². The summed E-state index contributed by atoms with van der Waals surface area (Å²) < 4.78 is 70.1. The number of hydrogen-bond donors (Lipinski definition) is 0. The zero-order valence-corrected chi connectivity index (χ0v) is 18.9. The SMILES string of the molecule is COC(COS(=O)(=O)c1ccc(C)cc1)C(COS(=O)(=O)c1ccc(C)cc1)OC. The summed E-state index contributed by atoms with van der Waals surface area (Å²) in [4.78, 5) is 0.0187. The second-order valence-electron chi connectivity index (χ2n) is 6.65. The molecule has 2 aromatic carbocycles. The van der Waals surface area contributed by atoms with Crippen LogP contribution in [-0.4, -0.2) is 56.5 Å². The summed E-state index contributed by atoms with van der Waals surface area (Å²) in [6.45, 7) is 2.93. The number of ether oxygens (including phenoxy) is 2. The fraction of sp³-hybridized carbons (Fsp3) is 0.400. The first-order valence-electron chi connectivity index (χ1n) is 9.07. The minimum Gasteiger partial charge on any atom is -0.376 e. The number of rotatable bonds is 11. The third-order valence-corrected chi connectivity index (χ3v) is 7.01. The van der Waals surface area contributed by atoms with E-state index in [-0.39, 0.29) is 23.0 Å². The van der Waals surface area contributed by atoms with Crippen LogP contribution < -0.4 is 0 Å². The third kappa shape index (κ3) is 6.59. The van der Waals surface area contributed by atoms with Gasteiger partial charge in [0, 0.05) is 14.2 Å². The molecule has 0 aliphatic rings. The van der Waals surface area contributed by atoms with Crippen LogP contribution in [0, 0.1) is 13.8 Å². The van der Waals surface area contributed by atoms with Gasteiger partial charge in [-0.1, -0.05) is 35.4 Å². The minimum absolute atomic E-state index is 0.00937. The Morgan fingerprint density at radius 2 is 0.933 bits per heavy atom. The van der Waals surface area contributed by atoms with Gasteiger partial charge >= 0.3 is 0 Å². The van der Waals surface area contributed by atoms with Crippen LogP contribution in [0.2, 0.25) is 0 Å². The first-order chi connectivity index (χ1) is 14.1. The molecule has 0 fully saturated rings. The standard InChI is InChI=1S/C20H26O8S2/c1-15-5-9-17(10-6-15)29(21,22)27-13-19(25-3)20(26-4)14-28-30(23,24)18-11-7-16(2)8-12-18/h5-12,19-20H,13-14H2,1-4H3. The summed E-state index contributed by atoms with van der Waals surface area (Å²) >= 11 is 0. The zero-order chi connectivity index (χ0) is 22.4. The Morgan fingerprint density at radius 3 is 1.20 bits per heavy atom. The van der Waals surface area contributed by atoms with Gasteiger partial charge in [0.1, 0.15) is 12.2 Å². The zero-order valence-electron chi connectivity index (χ0n) is 17.3. The minimum atomic E-state index is -4.01. The van der Waals surface area contributed by atoms with E-state index in [2.05, 4.69) is 0 Å². The number of hydrogen-bond acceptors (Lipinski definition) is 8. The lowest BCUT2D eigenvalue weighted by Crippen LogP contribution is -2.38. The Morgan fingerprint density at radius 1 is 0.633 bits per heavy atom. The van der Waals surface area contributed by atoms with Crippen molar-refractivity contribution in [2.75, 3.05) is 27.4 Å². The van der Waals surface area contributed by atoms with Crippen molar-refractivity contribution in [3.63, 3.8) is 0 Å². The quantitative estimate of drug-likeness (QED) is 0.473. The number of methoxy groups -OCH3 is 2. The molecule has 0 aliphatic heterocycles. The van der Waals surface area contributed by atoms with Gasteiger partial charge in [-0.3, -0.25) is 8.37 Å². The fourth-order valence-corrected chi connectivity index (χ4v) is 4.35. The van der Waals surface area contributed by atoms with Gasteiger partial charge in [-0.2, -0.15) is 16.8 Å². The van der Waals surface area contributed by atoms with Gasteiger partial charge < -0.3 is 9.47 Å². The van der Waals surface area contributed by atoms with E-state index in [1.807, 2.05) is 13.8 Å². The van der Waals surface area contributed by atoms with E-state index in [1.165, 1.54) is 38.5 Å². The van der Waals surface area contributed by atoms with Crippen molar-refractivity contribution >= 4 is 20.2 Å². The van der Waals surface area contributed by atoms with E-state index in [0.29, 0.717) is 0 Å². The molecule has 0 spiro atoms. The molecule has 0 saturated heterocycles. The van der Waals surface area contributed by atoms with Gasteiger partial charge in [-0.15, -0.1) is 0 Å². The normalized spacial score (nSPS) is 14.4. The number of benzene rings is 2. The first kappa shape index (κ1) is 24.4. The van der Waals surface area contributed by atoms with E-state index >= 15 is 0 Å². The largest absolute Gasteiger partial charge is 0.376 e. The Kier molecular flexibility index (Phi) is 8.53. The van der Waals surface area contributed by atoms with Crippen LogP contribution in [0.1, 0.15) is 11.1 Å². The molecule has 0 amide bonds. The van der Waals surface area contributed by atoms with Crippen LogP contribution in [0.5, 0.6) is 0 Å². The van der Waals surface area contributed by atoms with Crippen molar-refractivity contribution in [3.8, 4) is 0 Å². The Hall–Kier alpha value is -1.82. The predicted molar refractivity (Wildman–Crippen MR) is 110 cm³/mol. The molecule has 166 valence electrons. The van der Waals surface area contributed by atoms with E-state index in [9.17, 15) is 16.8 Å². The summed E-state index contributed by atoms with van der Waals surface area (Å²) in [5.74, 6) is 0. The molecule has 0 saturated carbocycles. The molecule has 10 heteroatoms. The molecule has 0 N–H and O–H groups in total. The highest BCUT2D eigenvalue weighted by molar-refractivity contribution is 7.87. The van der Waals surface area contributed by atoms with Crippen molar-refractivity contribution < 1.29 is 34.7 Å². The van der Waals surface area contributed by atoms with Crippen molar-refractivity contribution in [2.24, 2.45) is 0 Å². The summed E-state index contributed by atoms with van der Waals surface area (Å²) in [6.07, 6.45) is -1.77. The molecule has 0 heterocycles. The van der Waals surface area contributed by atoms with Gasteiger partial charge in [0.2, 0.25) is 0 Å². The maximum atomic E-state index is 12.4. The van der Waals surface area contributed by atoms with Crippen LogP contribution in [0.3, 0.4) is 0 Å². The molecule has 2 unspecified atom stereocenters. The Balaban J connectivity index is 2.02. The molecule has 0 radical (unpaired) electrons. The summed E-state index contributed by atoms with van der Waals surface area (Å²) in [5, 5.41) is 0. The third-order valence-electron chi connectivity index (χ3n) is 4.41. The molecule has 2 aromatic rings. The van der Waals surface area contributed by atoms with Crippen LogP contribution in [0.15, 0.2) is 58.3 Å². The van der Waals surface area contributed by atoms with E-state index < -0.39 is 32.4 Å². The van der Waals surface area contributed by atoms with Gasteiger partial charge in [0.05, 0.1) is 23.0 Å². The highest BCUT2D eigenvalue weighted by Gasteiger charge is 2.28. The fourth-order valence-electron chi connectivity index (χ4n) is 2.51. The van der Waals surface area contributed by atoms with Gasteiger partial charge in [0.15, 0.2) is 0 Å². The molecule has 2 atom stereocenters. The van der Waals surface area contributed by atoms with Gasteiger partial charge in [0.25, 0.3) is 20.2 Å². The van der Waals surface area contributed by atoms with Crippen molar-refractivity contribution in [3.05, 3.63) is 59.7 Å². The van der Waals surface area contributed by atoms with Gasteiger partial charge in [-0.05, 0) is 38.1 Å². The average Bonchev–Trinajstić information content (AvgIpc) is 2.71. The van der Waals surface area contributed by atoms with Crippen molar-refractivity contribution in [1.29, 1.82) is 0 Å². The second-order valence-corrected chi connectivity index (χ2v) is 9.88. The van der Waals surface area contributed by atoms with E-state index in [4.69, 9.17) is 17.8 Å². The van der Waals surface area contributed by atoms with Crippen molar-refractivity contribution in [2.45, 2.75) is 35.8 Å². The lowest BCUT2D eigenvalue weighted by Gasteiger charge is -2.24. The van der Waals surface area contributed by atoms with Crippen LogP contribution in [0.4, 0.5) is 0 Å². The smallest absolute Gasteiger partial charge is 0.297 e. The molecule has 2 rings (SSSR count). The highest BCUT2D eigenvalue weighted by atomic mass is 32.2. The van der Waals surface area contributed by atoms with Crippen LogP contribution in [-0.2, 0) is 38.1 Å². The maximum Gasteiger partial charge on any atom is 0.297 e. The Bertz CT molecular complexity index is 928. The Labute approximate surface area is 178 Å². The van der Waals surface area contributed by atoms with Crippen LogP contribution in [0.25, 0.3) is 0 Å². The van der Waals surface area contributed by atoms with Crippen LogP contribution >= 0.6 is 0 Å². The highest BCUT2D eigenvalue weighted by Crippen LogP contribution is 2.17. The second kappa shape index (κ2) is 10.5. The first-order valence-corrected chi connectivity index (χ1v) is 11.9. The monoisotopic (exact) mass is 458 g/mol. The summed E-state index contributed by atoms with van der Waals surface area (Å²) in [6, 6.07) is 12.4. The molecule has 0 aliphatic carbocycles. The molecular weight excluding hydrogens is 432 g/mol. The van der Waals surface area contributed by atoms with Crippen molar-refractivity contribution in [1.82, 2.24) is 0 Å². The van der Waals surface area contributed by atoms with Gasteiger partial charge in [-0.25, -0.2) is 0 Å². The number of aryl methyl sites for hydroxylation is 2. The molecule has 0 aromatic heterocycles. The molecule has 8 nitrogen and oxygen atoms in total. The summed E-state index contributed by atoms with van der Waals surface area (Å²) in [7, 11) is -5.34. The molecule has 0 bridgehead atoms. The predicted octanol–water partition coefficient (Wildman–Crippen LogP) is 2.44. The molecule has 30 heavy (non-hydrogen) atoms. The molecular formula is C20H26O8S2. The average molecular weight is 459 g/mol. The van der Waals surface area contributed by atoms with E-state index in [0.717, 1.165) is 11.1 Å².